The van der Waals surface area contributed by atoms with Crippen LogP contribution in [0.5, 0.6) is 0 Å². The molecule has 0 radical (unpaired) electrons. The van der Waals surface area contributed by atoms with E-state index in [4.69, 9.17) is 10.00 Å². The van der Waals surface area contributed by atoms with Crippen molar-refractivity contribution in [2.45, 2.75) is 6.04 Å². The molecule has 2 aromatic carbocycles. The van der Waals surface area contributed by atoms with Gasteiger partial charge in [-0.1, -0.05) is 36.4 Å². The summed E-state index contributed by atoms with van der Waals surface area (Å²) in [4.78, 5) is 4.59. The van der Waals surface area contributed by atoms with Crippen molar-refractivity contribution < 1.29 is 4.74 Å². The van der Waals surface area contributed by atoms with E-state index in [1.807, 2.05) is 42.5 Å². The minimum absolute atomic E-state index is 0.0435. The third kappa shape index (κ3) is 2.34. The predicted octanol–water partition coefficient (Wildman–Crippen LogP) is 3.08. The van der Waals surface area contributed by atoms with Gasteiger partial charge in [0.05, 0.1) is 11.6 Å². The molecule has 0 saturated heterocycles. The zero-order chi connectivity index (χ0) is 13.1. The standard InChI is InChI=1S/C16H12N2O/c17-10-12-5-4-8-14(9-12)16-18-15(11-19-16)13-6-2-1-3-7-13/h1-9,15H,11H2/t15-/m1/s1. The molecule has 1 heterocycles. The quantitative estimate of drug-likeness (QED) is 0.819. The highest BCUT2D eigenvalue weighted by Gasteiger charge is 2.21. The van der Waals surface area contributed by atoms with Crippen molar-refractivity contribution in [3.8, 4) is 6.07 Å². The van der Waals surface area contributed by atoms with Crippen LogP contribution in [0.2, 0.25) is 0 Å². The Kier molecular flexibility index (Phi) is 2.99. The van der Waals surface area contributed by atoms with Crippen LogP contribution < -0.4 is 0 Å². The number of rotatable bonds is 2. The Morgan fingerprint density at radius 2 is 1.95 bits per heavy atom. The fourth-order valence-corrected chi connectivity index (χ4v) is 2.10. The lowest BCUT2D eigenvalue weighted by molar-refractivity contribution is 0.320. The highest BCUT2D eigenvalue weighted by molar-refractivity contribution is 5.95. The predicted molar refractivity (Wildman–Crippen MR) is 72.8 cm³/mol. The van der Waals surface area contributed by atoms with Gasteiger partial charge in [0.15, 0.2) is 0 Å². The summed E-state index contributed by atoms with van der Waals surface area (Å²) in [7, 11) is 0. The Hall–Kier alpha value is -2.60. The second-order valence-electron chi connectivity index (χ2n) is 4.36. The van der Waals surface area contributed by atoms with Gasteiger partial charge < -0.3 is 4.74 Å². The molecule has 0 aromatic heterocycles. The molecule has 0 N–H and O–H groups in total. The molecule has 3 rings (SSSR count). The van der Waals surface area contributed by atoms with Crippen molar-refractivity contribution in [2.75, 3.05) is 6.61 Å². The molecule has 1 atom stereocenters. The fraction of sp³-hybridized carbons (Fsp3) is 0.125. The van der Waals surface area contributed by atoms with E-state index in [2.05, 4.69) is 11.1 Å². The summed E-state index contributed by atoms with van der Waals surface area (Å²) >= 11 is 0. The summed E-state index contributed by atoms with van der Waals surface area (Å²) in [6.45, 7) is 0.552. The Morgan fingerprint density at radius 1 is 1.11 bits per heavy atom. The smallest absolute Gasteiger partial charge is 0.216 e. The molecule has 0 bridgehead atoms. The Balaban J connectivity index is 1.89. The van der Waals surface area contributed by atoms with Crippen LogP contribution in [0.15, 0.2) is 59.6 Å². The highest BCUT2D eigenvalue weighted by atomic mass is 16.5. The SMILES string of the molecule is N#Cc1cccc(C2=N[C@@H](c3ccccc3)CO2)c1. The van der Waals surface area contributed by atoms with Gasteiger partial charge in [-0.3, -0.25) is 0 Å². The van der Waals surface area contributed by atoms with Gasteiger partial charge in [-0.15, -0.1) is 0 Å². The van der Waals surface area contributed by atoms with Crippen LogP contribution in [0.1, 0.15) is 22.7 Å². The van der Waals surface area contributed by atoms with Crippen molar-refractivity contribution in [1.29, 1.82) is 5.26 Å². The van der Waals surface area contributed by atoms with Crippen molar-refractivity contribution in [2.24, 2.45) is 4.99 Å². The Labute approximate surface area is 111 Å². The molecule has 2 aromatic rings. The third-order valence-electron chi connectivity index (χ3n) is 3.07. The first-order chi connectivity index (χ1) is 9.36. The van der Waals surface area contributed by atoms with E-state index in [1.165, 1.54) is 0 Å². The van der Waals surface area contributed by atoms with Gasteiger partial charge >= 0.3 is 0 Å². The molecule has 3 heteroatoms. The maximum atomic E-state index is 8.90. The topological polar surface area (TPSA) is 45.4 Å². The minimum Gasteiger partial charge on any atom is -0.475 e. The van der Waals surface area contributed by atoms with E-state index in [0.29, 0.717) is 18.1 Å². The van der Waals surface area contributed by atoms with E-state index in [0.717, 1.165) is 11.1 Å². The van der Waals surface area contributed by atoms with Crippen LogP contribution in [0.25, 0.3) is 0 Å². The molecular formula is C16H12N2O. The Bertz CT molecular complexity index is 656. The number of hydrogen-bond donors (Lipinski definition) is 0. The van der Waals surface area contributed by atoms with Gasteiger partial charge in [0.1, 0.15) is 12.6 Å². The highest BCUT2D eigenvalue weighted by Crippen LogP contribution is 2.25. The molecule has 19 heavy (non-hydrogen) atoms. The first-order valence-corrected chi connectivity index (χ1v) is 6.13. The van der Waals surface area contributed by atoms with Gasteiger partial charge in [0.2, 0.25) is 5.90 Å². The maximum absolute atomic E-state index is 8.90. The second-order valence-corrected chi connectivity index (χ2v) is 4.36. The van der Waals surface area contributed by atoms with E-state index >= 15 is 0 Å². The molecule has 0 fully saturated rings. The second kappa shape index (κ2) is 4.95. The average Bonchev–Trinajstić information content (AvgIpc) is 2.98. The largest absolute Gasteiger partial charge is 0.475 e. The lowest BCUT2D eigenvalue weighted by Gasteiger charge is -2.03. The normalized spacial score (nSPS) is 17.4. The molecule has 3 nitrogen and oxygen atoms in total. The van der Waals surface area contributed by atoms with Crippen LogP contribution in [-0.4, -0.2) is 12.5 Å². The fourth-order valence-electron chi connectivity index (χ4n) is 2.10. The zero-order valence-electron chi connectivity index (χ0n) is 10.3. The van der Waals surface area contributed by atoms with Crippen molar-refractivity contribution in [3.63, 3.8) is 0 Å². The number of hydrogen-bond acceptors (Lipinski definition) is 3. The monoisotopic (exact) mass is 248 g/mol. The zero-order valence-corrected chi connectivity index (χ0v) is 10.3. The summed E-state index contributed by atoms with van der Waals surface area (Å²) in [6, 6.07) is 19.6. The molecule has 1 aliphatic heterocycles. The average molecular weight is 248 g/mol. The van der Waals surface area contributed by atoms with Gasteiger partial charge in [0, 0.05) is 5.56 Å². The van der Waals surface area contributed by atoms with E-state index in [9.17, 15) is 0 Å². The lowest BCUT2D eigenvalue weighted by Crippen LogP contribution is -2.01. The summed E-state index contributed by atoms with van der Waals surface area (Å²) in [5.41, 5.74) is 2.62. The van der Waals surface area contributed by atoms with Crippen LogP contribution in [0.3, 0.4) is 0 Å². The summed E-state index contributed by atoms with van der Waals surface area (Å²) in [5, 5.41) is 8.90. The minimum atomic E-state index is 0.0435. The summed E-state index contributed by atoms with van der Waals surface area (Å²) in [5.74, 6) is 0.617. The molecule has 0 spiro atoms. The number of nitriles is 1. The first-order valence-electron chi connectivity index (χ1n) is 6.13. The first kappa shape index (κ1) is 11.5. The number of aliphatic imine (C=N–C) groups is 1. The summed E-state index contributed by atoms with van der Waals surface area (Å²) in [6.07, 6.45) is 0. The van der Waals surface area contributed by atoms with Crippen LogP contribution in [0.4, 0.5) is 0 Å². The van der Waals surface area contributed by atoms with E-state index in [-0.39, 0.29) is 6.04 Å². The lowest BCUT2D eigenvalue weighted by atomic mass is 10.1. The molecule has 1 aliphatic rings. The van der Waals surface area contributed by atoms with Gasteiger partial charge in [-0.2, -0.15) is 5.26 Å². The van der Waals surface area contributed by atoms with Gasteiger partial charge in [0.25, 0.3) is 0 Å². The van der Waals surface area contributed by atoms with E-state index < -0.39 is 0 Å². The molecule has 0 amide bonds. The number of benzene rings is 2. The van der Waals surface area contributed by atoms with Crippen molar-refractivity contribution in [1.82, 2.24) is 0 Å². The van der Waals surface area contributed by atoms with Crippen LogP contribution in [-0.2, 0) is 4.74 Å². The maximum Gasteiger partial charge on any atom is 0.216 e. The van der Waals surface area contributed by atoms with Crippen LogP contribution in [0, 0.1) is 11.3 Å². The van der Waals surface area contributed by atoms with Crippen LogP contribution >= 0.6 is 0 Å². The molecular weight excluding hydrogens is 236 g/mol. The van der Waals surface area contributed by atoms with Gasteiger partial charge in [-0.25, -0.2) is 4.99 Å². The number of nitrogens with zero attached hydrogens (tertiary/aromatic N) is 2. The summed E-state index contributed by atoms with van der Waals surface area (Å²) < 4.78 is 5.65. The van der Waals surface area contributed by atoms with Crippen molar-refractivity contribution >= 4 is 5.90 Å². The number of ether oxygens (including phenoxy) is 1. The molecule has 92 valence electrons. The molecule has 0 saturated carbocycles. The molecule has 0 aliphatic carbocycles. The van der Waals surface area contributed by atoms with Gasteiger partial charge in [-0.05, 0) is 23.8 Å². The van der Waals surface area contributed by atoms with E-state index in [1.54, 1.807) is 12.1 Å². The van der Waals surface area contributed by atoms with Crippen molar-refractivity contribution in [3.05, 3.63) is 71.3 Å². The molecule has 0 unspecified atom stereocenters. The third-order valence-corrected chi connectivity index (χ3v) is 3.07. The Morgan fingerprint density at radius 3 is 2.74 bits per heavy atom.